The molecule has 0 radical (unpaired) electrons. The van der Waals surface area contributed by atoms with Crippen molar-refractivity contribution in [1.82, 2.24) is 14.9 Å². The van der Waals surface area contributed by atoms with Crippen LogP contribution in [0.15, 0.2) is 5.16 Å². The molecular weight excluding hydrogens is 252 g/mol. The minimum Gasteiger partial charge on any atom is -0.382 e. The van der Waals surface area contributed by atoms with Crippen LogP contribution in [0.1, 0.15) is 37.4 Å². The predicted octanol–water partition coefficient (Wildman–Crippen LogP) is 1.43. The van der Waals surface area contributed by atoms with Crippen molar-refractivity contribution in [2.45, 2.75) is 39.8 Å². The first kappa shape index (κ1) is 12.9. The topological polar surface area (TPSA) is 76.5 Å². The maximum absolute atomic E-state index is 12.1. The zero-order valence-corrected chi connectivity index (χ0v) is 11.6. The summed E-state index contributed by atoms with van der Waals surface area (Å²) in [5.41, 5.74) is 1.69. The average Bonchev–Trinajstić information content (AvgIpc) is 2.87. The van der Waals surface area contributed by atoms with Gasteiger partial charge in [-0.15, -0.1) is 5.10 Å². The third-order valence-electron chi connectivity index (χ3n) is 3.12. The Labute approximate surface area is 110 Å². The molecule has 0 saturated heterocycles. The largest absolute Gasteiger partial charge is 0.382 e. The lowest BCUT2D eigenvalue weighted by atomic mass is 10.00. The molecule has 0 saturated carbocycles. The molecule has 0 bridgehead atoms. The molecule has 0 spiro atoms. The molecule has 1 amide bonds. The number of nitrogens with one attached hydrogen (secondary N) is 1. The number of hydrogen-bond donors (Lipinski definition) is 1. The molecule has 0 aliphatic carbocycles. The van der Waals surface area contributed by atoms with Gasteiger partial charge < -0.3 is 10.2 Å². The van der Waals surface area contributed by atoms with Crippen LogP contribution in [0, 0.1) is 12.8 Å². The van der Waals surface area contributed by atoms with Gasteiger partial charge in [-0.05, 0) is 32.3 Å². The quantitative estimate of drug-likeness (QED) is 0.899. The summed E-state index contributed by atoms with van der Waals surface area (Å²) in [6.07, 6.45) is -0.534. The summed E-state index contributed by atoms with van der Waals surface area (Å²) in [4.78, 5) is 18.2. The first-order chi connectivity index (χ1) is 8.50. The Kier molecular flexibility index (Phi) is 3.60. The van der Waals surface area contributed by atoms with E-state index in [0.717, 1.165) is 16.3 Å². The van der Waals surface area contributed by atoms with Gasteiger partial charge in [0.05, 0.1) is 22.3 Å². The number of oxime groups is 1. The van der Waals surface area contributed by atoms with Crippen LogP contribution in [0.3, 0.4) is 0 Å². The SMILES string of the molecule is CC1=NO[C@@H](C(=O)NC(C)c2snnc2C)[C@@H]1C. The minimum absolute atomic E-state index is 0.0119. The van der Waals surface area contributed by atoms with Crippen LogP contribution in [0.25, 0.3) is 0 Å². The van der Waals surface area contributed by atoms with Gasteiger partial charge in [0.15, 0.2) is 0 Å². The van der Waals surface area contributed by atoms with E-state index in [9.17, 15) is 4.79 Å². The highest BCUT2D eigenvalue weighted by Gasteiger charge is 2.34. The third kappa shape index (κ3) is 2.35. The molecule has 98 valence electrons. The Hall–Kier alpha value is -1.50. The first-order valence-corrected chi connectivity index (χ1v) is 6.57. The number of aryl methyl sites for hydroxylation is 1. The highest BCUT2D eigenvalue weighted by Crippen LogP contribution is 2.22. The van der Waals surface area contributed by atoms with E-state index in [1.165, 1.54) is 11.5 Å². The molecule has 0 fully saturated rings. The number of carbonyl (C=O) groups is 1. The van der Waals surface area contributed by atoms with Gasteiger partial charge in [0.1, 0.15) is 0 Å². The fraction of sp³-hybridized carbons (Fsp3) is 0.636. The summed E-state index contributed by atoms with van der Waals surface area (Å²) in [6.45, 7) is 7.58. The highest BCUT2D eigenvalue weighted by atomic mass is 32.1. The number of nitrogens with zero attached hydrogens (tertiary/aromatic N) is 3. The molecule has 18 heavy (non-hydrogen) atoms. The van der Waals surface area contributed by atoms with E-state index < -0.39 is 6.10 Å². The summed E-state index contributed by atoms with van der Waals surface area (Å²) in [5.74, 6) is -0.138. The molecule has 1 N–H and O–H groups in total. The van der Waals surface area contributed by atoms with Gasteiger partial charge in [-0.3, -0.25) is 4.79 Å². The van der Waals surface area contributed by atoms with Crippen molar-refractivity contribution in [2.75, 3.05) is 0 Å². The first-order valence-electron chi connectivity index (χ1n) is 5.80. The van der Waals surface area contributed by atoms with Gasteiger partial charge in [-0.25, -0.2) is 0 Å². The van der Waals surface area contributed by atoms with Gasteiger partial charge in [-0.1, -0.05) is 16.6 Å². The van der Waals surface area contributed by atoms with Gasteiger partial charge in [0, 0.05) is 5.92 Å². The molecule has 0 aromatic carbocycles. The predicted molar refractivity (Wildman–Crippen MR) is 68.3 cm³/mol. The summed E-state index contributed by atoms with van der Waals surface area (Å²) < 4.78 is 3.86. The molecule has 1 aliphatic rings. The molecule has 1 aromatic heterocycles. The Morgan fingerprint density at radius 2 is 2.22 bits per heavy atom. The van der Waals surface area contributed by atoms with Gasteiger partial charge >= 0.3 is 0 Å². The van der Waals surface area contributed by atoms with E-state index >= 15 is 0 Å². The minimum atomic E-state index is -0.534. The van der Waals surface area contributed by atoms with E-state index in [1.807, 2.05) is 27.7 Å². The molecule has 1 aromatic rings. The monoisotopic (exact) mass is 268 g/mol. The van der Waals surface area contributed by atoms with Crippen molar-refractivity contribution in [3.63, 3.8) is 0 Å². The maximum Gasteiger partial charge on any atom is 0.265 e. The van der Waals surface area contributed by atoms with Crippen LogP contribution in [0.2, 0.25) is 0 Å². The molecule has 6 nitrogen and oxygen atoms in total. The average molecular weight is 268 g/mol. The van der Waals surface area contributed by atoms with Crippen LogP contribution in [-0.2, 0) is 9.63 Å². The van der Waals surface area contributed by atoms with Crippen molar-refractivity contribution in [1.29, 1.82) is 0 Å². The molecule has 1 aliphatic heterocycles. The Morgan fingerprint density at radius 3 is 2.72 bits per heavy atom. The maximum atomic E-state index is 12.1. The van der Waals surface area contributed by atoms with E-state index in [1.54, 1.807) is 0 Å². The van der Waals surface area contributed by atoms with E-state index in [2.05, 4.69) is 20.1 Å². The second-order valence-corrected chi connectivity index (χ2v) is 5.29. The van der Waals surface area contributed by atoms with Crippen LogP contribution in [0.4, 0.5) is 0 Å². The molecule has 2 rings (SSSR count). The van der Waals surface area contributed by atoms with Crippen molar-refractivity contribution < 1.29 is 9.63 Å². The number of rotatable bonds is 3. The highest BCUT2D eigenvalue weighted by molar-refractivity contribution is 7.05. The second kappa shape index (κ2) is 5.01. The fourth-order valence-electron chi connectivity index (χ4n) is 1.80. The molecule has 7 heteroatoms. The second-order valence-electron chi connectivity index (χ2n) is 4.50. The fourth-order valence-corrected chi connectivity index (χ4v) is 2.44. The lowest BCUT2D eigenvalue weighted by molar-refractivity contribution is -0.133. The number of carbonyl (C=O) groups excluding carboxylic acids is 1. The normalized spacial score (nSPS) is 24.3. The summed E-state index contributed by atoms with van der Waals surface area (Å²) >= 11 is 1.30. The zero-order chi connectivity index (χ0) is 13.3. The standard InChI is InChI=1S/C11H16N4O2S/c1-5-6(2)14-17-9(5)11(16)12-7(3)10-8(4)13-15-18-10/h5,7,9H,1-4H3,(H,12,16)/t5-,7?,9-/m1/s1. The van der Waals surface area contributed by atoms with Gasteiger partial charge in [0.25, 0.3) is 5.91 Å². The third-order valence-corrected chi connectivity index (χ3v) is 4.13. The van der Waals surface area contributed by atoms with E-state index in [-0.39, 0.29) is 17.9 Å². The van der Waals surface area contributed by atoms with E-state index in [0.29, 0.717) is 0 Å². The Morgan fingerprint density at radius 1 is 1.50 bits per heavy atom. The van der Waals surface area contributed by atoms with Crippen LogP contribution < -0.4 is 5.32 Å². The van der Waals surface area contributed by atoms with Gasteiger partial charge in [-0.2, -0.15) is 0 Å². The van der Waals surface area contributed by atoms with Crippen molar-refractivity contribution in [3.05, 3.63) is 10.6 Å². The Bertz CT molecular complexity index is 485. The molecule has 1 unspecified atom stereocenters. The Balaban J connectivity index is 1.99. The summed E-state index contributed by atoms with van der Waals surface area (Å²) in [6, 6.07) is -0.116. The van der Waals surface area contributed by atoms with Crippen LogP contribution in [-0.4, -0.2) is 27.3 Å². The van der Waals surface area contributed by atoms with Crippen molar-refractivity contribution in [2.24, 2.45) is 11.1 Å². The molecule has 3 atom stereocenters. The molecular formula is C11H16N4O2S. The number of aromatic nitrogens is 2. The van der Waals surface area contributed by atoms with Crippen LogP contribution >= 0.6 is 11.5 Å². The number of hydrogen-bond acceptors (Lipinski definition) is 6. The van der Waals surface area contributed by atoms with Crippen molar-refractivity contribution in [3.8, 4) is 0 Å². The summed E-state index contributed by atoms with van der Waals surface area (Å²) in [5, 5.41) is 10.7. The smallest absolute Gasteiger partial charge is 0.265 e. The lowest BCUT2D eigenvalue weighted by Gasteiger charge is -2.17. The van der Waals surface area contributed by atoms with Gasteiger partial charge in [0.2, 0.25) is 6.10 Å². The lowest BCUT2D eigenvalue weighted by Crippen LogP contribution is -2.39. The van der Waals surface area contributed by atoms with Crippen LogP contribution in [0.5, 0.6) is 0 Å². The van der Waals surface area contributed by atoms with E-state index in [4.69, 9.17) is 4.84 Å². The number of amides is 1. The van der Waals surface area contributed by atoms with Crippen molar-refractivity contribution >= 4 is 23.2 Å². The molecule has 2 heterocycles. The summed E-state index contributed by atoms with van der Waals surface area (Å²) in [7, 11) is 0. The zero-order valence-electron chi connectivity index (χ0n) is 10.8.